The normalized spacial score (nSPS) is 26.7. The summed E-state index contributed by atoms with van der Waals surface area (Å²) in [5, 5.41) is 19.7. The van der Waals surface area contributed by atoms with Gasteiger partial charge in [0.2, 0.25) is 0 Å². The quantitative estimate of drug-likeness (QED) is 0.127. The van der Waals surface area contributed by atoms with Crippen molar-refractivity contribution in [2.75, 3.05) is 0 Å². The molecule has 0 bridgehead atoms. The van der Waals surface area contributed by atoms with Crippen LogP contribution in [0.25, 0.3) is 5.69 Å². The third-order valence-corrected chi connectivity index (χ3v) is 11.6. The summed E-state index contributed by atoms with van der Waals surface area (Å²) in [7, 11) is 0. The van der Waals surface area contributed by atoms with Gasteiger partial charge in [-0.25, -0.2) is 9.48 Å². The Bertz CT molecular complexity index is 1500. The molecule has 2 aromatic rings. The highest BCUT2D eigenvalue weighted by Crippen LogP contribution is 2.62. The molecule has 2 saturated carbocycles. The van der Waals surface area contributed by atoms with Gasteiger partial charge in [-0.05, 0) is 127 Å². The summed E-state index contributed by atoms with van der Waals surface area (Å²) in [4.78, 5) is 25.3. The van der Waals surface area contributed by atoms with E-state index in [0.717, 1.165) is 67.9 Å². The Labute approximate surface area is 290 Å². The lowest BCUT2D eigenvalue weighted by molar-refractivity contribution is -0.177. The number of aliphatic hydroxyl groups is 1. The fourth-order valence-electron chi connectivity index (χ4n) is 8.15. The number of esters is 1. The fourth-order valence-corrected chi connectivity index (χ4v) is 8.42. The fraction of sp³-hybridized carbons (Fsp3) is 0.590. The molecule has 2 fully saturated rings. The van der Waals surface area contributed by atoms with Crippen LogP contribution in [0.4, 0.5) is 0 Å². The lowest BCUT2D eigenvalue weighted by atomic mass is 9.45. The standard InChI is InChI=1S/C39H54BrN3O4/c1-27(13-9-15-29(3)36(45)47-26-31-25-43(42-41-31)32-19-17-30(40)18-20-32)11-8-12-28(2)14-10-16-34-38(6)23-22-35(44)37(4,5)33(38)21-24-39(34,7)46/h11,14-15,17-20,25,33-34,46H,8-10,12-13,16,21-24,26H2,1-7H3/b27-11+,28-14+,29-15+/t33-,34-,38+,39-/m1/s1. The monoisotopic (exact) mass is 707 g/mol. The highest BCUT2D eigenvalue weighted by atomic mass is 79.9. The van der Waals surface area contributed by atoms with Gasteiger partial charge in [0.25, 0.3) is 0 Å². The average Bonchev–Trinajstić information content (AvgIpc) is 3.48. The van der Waals surface area contributed by atoms with Crippen molar-refractivity contribution in [3.63, 3.8) is 0 Å². The number of carbonyl (C=O) groups is 2. The molecule has 4 rings (SSSR count). The smallest absolute Gasteiger partial charge is 0.333 e. The number of benzene rings is 1. The number of fused-ring (bicyclic) bond motifs is 1. The van der Waals surface area contributed by atoms with Gasteiger partial charge in [-0.3, -0.25) is 4.79 Å². The minimum absolute atomic E-state index is 0.00743. The molecule has 1 aromatic heterocycles. The van der Waals surface area contributed by atoms with Crippen LogP contribution in [0, 0.1) is 22.7 Å². The van der Waals surface area contributed by atoms with Gasteiger partial charge in [-0.2, -0.15) is 0 Å². The number of aromatic nitrogens is 3. The minimum atomic E-state index is -0.685. The third kappa shape index (κ3) is 9.20. The molecule has 2 aliphatic carbocycles. The van der Waals surface area contributed by atoms with Gasteiger partial charge >= 0.3 is 5.97 Å². The van der Waals surface area contributed by atoms with Crippen LogP contribution in [0.1, 0.15) is 118 Å². The number of rotatable bonds is 13. The Kier molecular flexibility index (Phi) is 12.3. The summed E-state index contributed by atoms with van der Waals surface area (Å²) in [5.74, 6) is 0.574. The van der Waals surface area contributed by atoms with Crippen molar-refractivity contribution in [2.24, 2.45) is 22.7 Å². The largest absolute Gasteiger partial charge is 0.456 e. The van der Waals surface area contributed by atoms with Crippen molar-refractivity contribution in [3.8, 4) is 5.69 Å². The van der Waals surface area contributed by atoms with Gasteiger partial charge in [0.1, 0.15) is 18.1 Å². The van der Waals surface area contributed by atoms with Crippen molar-refractivity contribution in [2.45, 2.75) is 125 Å². The molecule has 0 unspecified atom stereocenters. The second-order valence-electron chi connectivity index (χ2n) is 15.0. The van der Waals surface area contributed by atoms with E-state index >= 15 is 0 Å². The molecule has 2 aliphatic rings. The van der Waals surface area contributed by atoms with E-state index < -0.39 is 5.60 Å². The maximum atomic E-state index is 12.8. The molecule has 0 amide bonds. The zero-order valence-electron chi connectivity index (χ0n) is 29.4. The molecule has 0 saturated heterocycles. The van der Waals surface area contributed by atoms with Crippen molar-refractivity contribution >= 4 is 27.7 Å². The summed E-state index contributed by atoms with van der Waals surface area (Å²) >= 11 is 3.43. The molecule has 1 aromatic carbocycles. The zero-order chi connectivity index (χ0) is 34.4. The molecular weight excluding hydrogens is 654 g/mol. The van der Waals surface area contributed by atoms with Crippen LogP contribution >= 0.6 is 15.9 Å². The first kappa shape index (κ1) is 37.0. The summed E-state index contributed by atoms with van der Waals surface area (Å²) in [6.45, 7) is 14.8. The Morgan fingerprint density at radius 3 is 2.32 bits per heavy atom. The van der Waals surface area contributed by atoms with E-state index in [2.05, 4.69) is 73.0 Å². The van der Waals surface area contributed by atoms with Crippen LogP contribution in [0.3, 0.4) is 0 Å². The van der Waals surface area contributed by atoms with E-state index in [1.807, 2.05) is 37.3 Å². The van der Waals surface area contributed by atoms with Gasteiger partial charge in [0.15, 0.2) is 0 Å². The molecule has 8 heteroatoms. The number of allylic oxidation sites excluding steroid dienone is 5. The van der Waals surface area contributed by atoms with Crippen molar-refractivity contribution in [1.82, 2.24) is 15.0 Å². The minimum Gasteiger partial charge on any atom is -0.456 e. The van der Waals surface area contributed by atoms with E-state index in [1.165, 1.54) is 11.1 Å². The lowest BCUT2D eigenvalue weighted by Gasteiger charge is -2.60. The molecule has 47 heavy (non-hydrogen) atoms. The van der Waals surface area contributed by atoms with Crippen LogP contribution < -0.4 is 0 Å². The Morgan fingerprint density at radius 2 is 1.64 bits per heavy atom. The topological polar surface area (TPSA) is 94.3 Å². The van der Waals surface area contributed by atoms with Gasteiger partial charge in [0, 0.05) is 21.9 Å². The summed E-state index contributed by atoms with van der Waals surface area (Å²) in [6.07, 6.45) is 17.1. The zero-order valence-corrected chi connectivity index (χ0v) is 31.0. The van der Waals surface area contributed by atoms with Gasteiger partial charge in [0.05, 0.1) is 17.5 Å². The number of hydrogen-bond donors (Lipinski definition) is 1. The Balaban J connectivity index is 1.18. The number of ketones is 1. The summed E-state index contributed by atoms with van der Waals surface area (Å²) in [5.41, 5.74) is 3.75. The van der Waals surface area contributed by atoms with E-state index in [4.69, 9.17) is 4.74 Å². The van der Waals surface area contributed by atoms with E-state index in [1.54, 1.807) is 17.8 Å². The van der Waals surface area contributed by atoms with E-state index in [0.29, 0.717) is 29.4 Å². The second-order valence-corrected chi connectivity index (χ2v) is 15.9. The predicted octanol–water partition coefficient (Wildman–Crippen LogP) is 9.43. The van der Waals surface area contributed by atoms with E-state index in [9.17, 15) is 14.7 Å². The molecule has 1 N–H and O–H groups in total. The maximum absolute atomic E-state index is 12.8. The molecule has 7 nitrogen and oxygen atoms in total. The Hall–Kier alpha value is -2.84. The molecular formula is C39H54BrN3O4. The van der Waals surface area contributed by atoms with Gasteiger partial charge in [-0.15, -0.1) is 5.10 Å². The highest BCUT2D eigenvalue weighted by molar-refractivity contribution is 9.10. The van der Waals surface area contributed by atoms with Crippen molar-refractivity contribution in [1.29, 1.82) is 0 Å². The molecule has 0 spiro atoms. The molecule has 0 radical (unpaired) electrons. The van der Waals surface area contributed by atoms with Crippen molar-refractivity contribution < 1.29 is 19.4 Å². The Morgan fingerprint density at radius 1 is 1.00 bits per heavy atom. The van der Waals surface area contributed by atoms with E-state index in [-0.39, 0.29) is 29.3 Å². The molecule has 256 valence electrons. The van der Waals surface area contributed by atoms with Crippen LogP contribution in [-0.4, -0.2) is 37.5 Å². The first-order chi connectivity index (χ1) is 22.1. The van der Waals surface area contributed by atoms with Crippen LogP contribution in [-0.2, 0) is 20.9 Å². The predicted molar refractivity (Wildman–Crippen MR) is 191 cm³/mol. The molecule has 1 heterocycles. The third-order valence-electron chi connectivity index (χ3n) is 11.0. The molecule has 4 atom stereocenters. The number of nitrogens with zero attached hydrogens (tertiary/aromatic N) is 3. The SMILES string of the molecule is C/C(=C\CC/C(C)=C/CC[C@@H]1[C@@]2(C)CCC(=O)C(C)(C)[C@H]2CC[C@@]1(C)O)CC/C=C(\C)C(=O)OCc1cn(-c2ccc(Br)cc2)nn1. The number of ether oxygens (including phenoxy) is 1. The number of hydrogen-bond acceptors (Lipinski definition) is 6. The first-order valence-electron chi connectivity index (χ1n) is 17.2. The molecule has 0 aliphatic heterocycles. The first-order valence-corrected chi connectivity index (χ1v) is 18.0. The average molecular weight is 709 g/mol. The summed E-state index contributed by atoms with van der Waals surface area (Å²) < 4.78 is 8.10. The number of halogens is 1. The van der Waals surface area contributed by atoms with Crippen LogP contribution in [0.15, 0.2) is 69.9 Å². The van der Waals surface area contributed by atoms with Gasteiger partial charge < -0.3 is 9.84 Å². The summed E-state index contributed by atoms with van der Waals surface area (Å²) in [6, 6.07) is 7.73. The number of carbonyl (C=O) groups excluding carboxylic acids is 2. The second kappa shape index (κ2) is 15.6. The maximum Gasteiger partial charge on any atom is 0.333 e. The number of Topliss-reactive ketones (excluding diaryl/α,β-unsaturated/α-hetero) is 1. The van der Waals surface area contributed by atoms with Gasteiger partial charge in [-0.1, -0.05) is 71.3 Å². The van der Waals surface area contributed by atoms with Crippen LogP contribution in [0.5, 0.6) is 0 Å². The van der Waals surface area contributed by atoms with Crippen molar-refractivity contribution in [3.05, 3.63) is 75.6 Å². The van der Waals surface area contributed by atoms with Crippen LogP contribution in [0.2, 0.25) is 0 Å². The lowest BCUT2D eigenvalue weighted by Crippen LogP contribution is -2.59. The highest BCUT2D eigenvalue weighted by Gasteiger charge is 2.59.